The lowest BCUT2D eigenvalue weighted by molar-refractivity contribution is -0.0606. The van der Waals surface area contributed by atoms with E-state index >= 15 is 0 Å². The summed E-state index contributed by atoms with van der Waals surface area (Å²) in [5, 5.41) is 0. The Balaban J connectivity index is 2.15. The van der Waals surface area contributed by atoms with Gasteiger partial charge in [-0.15, -0.1) is 0 Å². The third-order valence-corrected chi connectivity index (χ3v) is 1.60. The van der Waals surface area contributed by atoms with Crippen molar-refractivity contribution < 1.29 is 9.47 Å². The van der Waals surface area contributed by atoms with Crippen molar-refractivity contribution in [2.45, 2.75) is 32.2 Å². The van der Waals surface area contributed by atoms with Gasteiger partial charge in [-0.3, -0.25) is 0 Å². The smallest absolute Gasteiger partial charge is 0.158 e. The van der Waals surface area contributed by atoms with Crippen molar-refractivity contribution >= 4 is 0 Å². The van der Waals surface area contributed by atoms with Gasteiger partial charge in [-0.2, -0.15) is 0 Å². The van der Waals surface area contributed by atoms with Crippen molar-refractivity contribution in [2.75, 3.05) is 13.2 Å². The van der Waals surface area contributed by atoms with E-state index in [0.29, 0.717) is 13.2 Å². The molecular weight excluding hydrogens is 130 g/mol. The Bertz CT molecular complexity index is 97.6. The minimum Gasteiger partial charge on any atom is -0.350 e. The topological polar surface area (TPSA) is 44.5 Å². The van der Waals surface area contributed by atoms with E-state index in [4.69, 9.17) is 15.2 Å². The number of nitrogens with two attached hydrogens (primary N) is 1. The predicted molar refractivity (Wildman–Crippen MR) is 38.6 cm³/mol. The molecule has 1 aliphatic rings. The Kier molecular flexibility index (Phi) is 3.12. The Hall–Kier alpha value is -0.120. The molecule has 1 heterocycles. The van der Waals surface area contributed by atoms with Gasteiger partial charge in [-0.05, 0) is 6.42 Å². The third kappa shape index (κ3) is 1.94. The second kappa shape index (κ2) is 3.91. The monoisotopic (exact) mass is 145 g/mol. The van der Waals surface area contributed by atoms with Gasteiger partial charge in [-0.25, -0.2) is 0 Å². The third-order valence-electron chi connectivity index (χ3n) is 1.60. The second-order valence-electron chi connectivity index (χ2n) is 2.55. The highest BCUT2D eigenvalue weighted by molar-refractivity contribution is 4.64. The van der Waals surface area contributed by atoms with Gasteiger partial charge < -0.3 is 15.2 Å². The zero-order valence-electron chi connectivity index (χ0n) is 6.38. The first kappa shape index (κ1) is 7.98. The Morgan fingerprint density at radius 2 is 2.40 bits per heavy atom. The van der Waals surface area contributed by atoms with Crippen molar-refractivity contribution in [1.82, 2.24) is 0 Å². The zero-order chi connectivity index (χ0) is 7.40. The van der Waals surface area contributed by atoms with Crippen LogP contribution in [0.4, 0.5) is 0 Å². The highest BCUT2D eigenvalue weighted by atomic mass is 16.7. The summed E-state index contributed by atoms with van der Waals surface area (Å²) in [5.41, 5.74) is 5.39. The van der Waals surface area contributed by atoms with Crippen LogP contribution in [0.15, 0.2) is 0 Å². The van der Waals surface area contributed by atoms with Gasteiger partial charge in [0.05, 0.1) is 12.7 Å². The molecule has 0 spiro atoms. The summed E-state index contributed by atoms with van der Waals surface area (Å²) in [6.07, 6.45) is 2.23. The normalized spacial score (nSPS) is 33.0. The van der Waals surface area contributed by atoms with Crippen LogP contribution in [0, 0.1) is 0 Å². The fraction of sp³-hybridized carbons (Fsp3) is 1.00. The average Bonchev–Trinajstić information content (AvgIpc) is 2.37. The number of hydrogen-bond acceptors (Lipinski definition) is 3. The molecule has 0 bridgehead atoms. The molecule has 0 amide bonds. The summed E-state index contributed by atoms with van der Waals surface area (Å²) in [7, 11) is 0. The molecule has 10 heavy (non-hydrogen) atoms. The first-order valence-corrected chi connectivity index (χ1v) is 3.84. The Labute approximate surface area is 61.5 Å². The molecule has 1 aliphatic heterocycles. The molecule has 2 unspecified atom stereocenters. The van der Waals surface area contributed by atoms with Gasteiger partial charge in [0.25, 0.3) is 0 Å². The van der Waals surface area contributed by atoms with Gasteiger partial charge in [0.2, 0.25) is 0 Å². The van der Waals surface area contributed by atoms with E-state index in [1.165, 1.54) is 0 Å². The number of ether oxygens (including phenoxy) is 2. The molecule has 0 aromatic rings. The van der Waals surface area contributed by atoms with Crippen LogP contribution in [-0.2, 0) is 9.47 Å². The SMILES string of the molecule is CCCC1OCC(CN)O1. The van der Waals surface area contributed by atoms with Crippen LogP contribution >= 0.6 is 0 Å². The molecule has 0 radical (unpaired) electrons. The lowest BCUT2D eigenvalue weighted by atomic mass is 10.3. The van der Waals surface area contributed by atoms with E-state index in [2.05, 4.69) is 6.92 Å². The summed E-state index contributed by atoms with van der Waals surface area (Å²) >= 11 is 0. The van der Waals surface area contributed by atoms with Gasteiger partial charge >= 0.3 is 0 Å². The van der Waals surface area contributed by atoms with Crippen molar-refractivity contribution in [1.29, 1.82) is 0 Å². The van der Waals surface area contributed by atoms with E-state index in [0.717, 1.165) is 12.8 Å². The van der Waals surface area contributed by atoms with Gasteiger partial charge in [0.1, 0.15) is 0 Å². The van der Waals surface area contributed by atoms with Crippen LogP contribution in [0.3, 0.4) is 0 Å². The molecule has 0 aliphatic carbocycles. The Morgan fingerprint density at radius 3 is 2.90 bits per heavy atom. The van der Waals surface area contributed by atoms with E-state index in [1.807, 2.05) is 0 Å². The summed E-state index contributed by atoms with van der Waals surface area (Å²) in [6.45, 7) is 3.35. The molecule has 0 saturated carbocycles. The Morgan fingerprint density at radius 1 is 1.60 bits per heavy atom. The average molecular weight is 145 g/mol. The molecule has 3 heteroatoms. The molecule has 1 fully saturated rings. The quantitative estimate of drug-likeness (QED) is 0.628. The van der Waals surface area contributed by atoms with Crippen LogP contribution in [0.1, 0.15) is 19.8 Å². The highest BCUT2D eigenvalue weighted by Gasteiger charge is 2.23. The van der Waals surface area contributed by atoms with Crippen LogP contribution in [0.25, 0.3) is 0 Å². The maximum atomic E-state index is 5.40. The molecule has 2 N–H and O–H groups in total. The maximum absolute atomic E-state index is 5.40. The van der Waals surface area contributed by atoms with Crippen molar-refractivity contribution in [2.24, 2.45) is 5.73 Å². The summed E-state index contributed by atoms with van der Waals surface area (Å²) < 4.78 is 10.7. The van der Waals surface area contributed by atoms with E-state index < -0.39 is 0 Å². The number of rotatable bonds is 3. The van der Waals surface area contributed by atoms with Crippen LogP contribution in [-0.4, -0.2) is 25.5 Å². The first-order valence-electron chi connectivity index (χ1n) is 3.84. The fourth-order valence-electron chi connectivity index (χ4n) is 1.02. The van der Waals surface area contributed by atoms with Crippen LogP contribution in [0.2, 0.25) is 0 Å². The zero-order valence-corrected chi connectivity index (χ0v) is 6.38. The van der Waals surface area contributed by atoms with Crippen molar-refractivity contribution in [3.63, 3.8) is 0 Å². The number of hydrogen-bond donors (Lipinski definition) is 1. The molecule has 1 rings (SSSR count). The lowest BCUT2D eigenvalue weighted by Crippen LogP contribution is -2.22. The molecule has 0 aromatic carbocycles. The van der Waals surface area contributed by atoms with E-state index in [1.54, 1.807) is 0 Å². The summed E-state index contributed by atoms with van der Waals surface area (Å²) in [6, 6.07) is 0. The fourth-order valence-corrected chi connectivity index (χ4v) is 1.02. The second-order valence-corrected chi connectivity index (χ2v) is 2.55. The minimum absolute atomic E-state index is 0.0125. The first-order chi connectivity index (χ1) is 4.86. The molecule has 3 nitrogen and oxygen atoms in total. The summed E-state index contributed by atoms with van der Waals surface area (Å²) in [4.78, 5) is 0. The predicted octanol–water partition coefficient (Wildman–Crippen LogP) is 0.487. The van der Waals surface area contributed by atoms with Crippen LogP contribution < -0.4 is 5.73 Å². The largest absolute Gasteiger partial charge is 0.350 e. The van der Waals surface area contributed by atoms with E-state index in [-0.39, 0.29) is 12.4 Å². The minimum atomic E-state index is 0.0125. The summed E-state index contributed by atoms with van der Waals surface area (Å²) in [5.74, 6) is 0. The van der Waals surface area contributed by atoms with Crippen LogP contribution in [0.5, 0.6) is 0 Å². The van der Waals surface area contributed by atoms with Gasteiger partial charge in [0, 0.05) is 6.54 Å². The lowest BCUT2D eigenvalue weighted by Gasteiger charge is -2.07. The van der Waals surface area contributed by atoms with E-state index in [9.17, 15) is 0 Å². The standard InChI is InChI=1S/C7H15NO2/c1-2-3-7-9-5-6(4-8)10-7/h6-7H,2-5,8H2,1H3. The molecule has 2 atom stereocenters. The van der Waals surface area contributed by atoms with Gasteiger partial charge in [-0.1, -0.05) is 13.3 Å². The highest BCUT2D eigenvalue weighted by Crippen LogP contribution is 2.14. The molecular formula is C7H15NO2. The van der Waals surface area contributed by atoms with Crippen molar-refractivity contribution in [3.05, 3.63) is 0 Å². The molecule has 60 valence electrons. The molecule has 1 saturated heterocycles. The van der Waals surface area contributed by atoms with Crippen molar-refractivity contribution in [3.8, 4) is 0 Å². The maximum Gasteiger partial charge on any atom is 0.158 e. The van der Waals surface area contributed by atoms with Gasteiger partial charge in [0.15, 0.2) is 6.29 Å². The molecule has 0 aromatic heterocycles.